The Hall–Kier alpha value is -3.89. The van der Waals surface area contributed by atoms with Crippen molar-refractivity contribution in [2.45, 2.75) is 37.9 Å². The van der Waals surface area contributed by atoms with E-state index in [1.54, 1.807) is 52.1 Å². The standard InChI is InChI=1S/C31H33ClF2N2O6/c1-30(2,3)42-29(38)36(4)16-31(17-10-8-7-9-11-17)19(15-39-5)24-22(41-31)14-20(33)26(32)25(24)23-18(28(35)37)12-13-21(40-6)27(23)34/h7-14,19H,15-16H2,1-6H3,(H2,35,37)/t19-,31+/m0/s1. The van der Waals surface area contributed by atoms with Gasteiger partial charge in [0.1, 0.15) is 17.2 Å². The number of methoxy groups -OCH3 is 2. The molecule has 0 fully saturated rings. The molecule has 42 heavy (non-hydrogen) atoms. The maximum atomic E-state index is 16.0. The Morgan fingerprint density at radius 1 is 1.10 bits per heavy atom. The molecule has 11 heteroatoms. The molecule has 2 amide bonds. The van der Waals surface area contributed by atoms with Gasteiger partial charge in [-0.25, -0.2) is 13.6 Å². The van der Waals surface area contributed by atoms with Crippen LogP contribution in [0.3, 0.4) is 0 Å². The Morgan fingerprint density at radius 2 is 1.76 bits per heavy atom. The van der Waals surface area contributed by atoms with Crippen LogP contribution in [0.1, 0.15) is 48.2 Å². The summed E-state index contributed by atoms with van der Waals surface area (Å²) in [5.41, 5.74) is 3.70. The topological polar surface area (TPSA) is 100 Å². The predicted molar refractivity (Wildman–Crippen MR) is 154 cm³/mol. The molecule has 2 N–H and O–H groups in total. The fourth-order valence-electron chi connectivity index (χ4n) is 5.31. The highest BCUT2D eigenvalue weighted by molar-refractivity contribution is 6.34. The van der Waals surface area contributed by atoms with Crippen LogP contribution in [-0.4, -0.2) is 56.9 Å². The molecular weight excluding hydrogens is 570 g/mol. The minimum absolute atomic E-state index is 0.0174. The molecule has 0 aliphatic carbocycles. The average Bonchev–Trinajstić information content (AvgIpc) is 3.22. The van der Waals surface area contributed by atoms with Gasteiger partial charge in [-0.15, -0.1) is 0 Å². The van der Waals surface area contributed by atoms with Crippen LogP contribution in [0.2, 0.25) is 5.02 Å². The largest absolute Gasteiger partial charge is 0.494 e. The van der Waals surface area contributed by atoms with Gasteiger partial charge in [-0.2, -0.15) is 0 Å². The molecule has 0 spiro atoms. The second-order valence-corrected chi connectivity index (χ2v) is 11.4. The van der Waals surface area contributed by atoms with Crippen LogP contribution in [0, 0.1) is 11.6 Å². The third kappa shape index (κ3) is 5.61. The quantitative estimate of drug-likeness (QED) is 0.326. The van der Waals surface area contributed by atoms with Gasteiger partial charge in [0.05, 0.1) is 36.8 Å². The van der Waals surface area contributed by atoms with Gasteiger partial charge in [0.2, 0.25) is 5.91 Å². The Labute approximate surface area is 248 Å². The summed E-state index contributed by atoms with van der Waals surface area (Å²) < 4.78 is 54.5. The van der Waals surface area contributed by atoms with E-state index in [1.165, 1.54) is 31.3 Å². The van der Waals surface area contributed by atoms with Crippen LogP contribution < -0.4 is 15.2 Å². The molecule has 0 radical (unpaired) electrons. The normalized spacial score (nSPS) is 17.8. The zero-order valence-corrected chi connectivity index (χ0v) is 25.0. The number of carbonyl (C=O) groups is 2. The summed E-state index contributed by atoms with van der Waals surface area (Å²) in [6.45, 7) is 5.15. The summed E-state index contributed by atoms with van der Waals surface area (Å²) in [4.78, 5) is 27.0. The maximum Gasteiger partial charge on any atom is 0.410 e. The van der Waals surface area contributed by atoms with E-state index in [-0.39, 0.29) is 46.9 Å². The minimum atomic E-state index is -1.38. The number of rotatable bonds is 8. The minimum Gasteiger partial charge on any atom is -0.494 e. The SMILES string of the molecule is COC[C@H]1c2c(cc(F)c(Cl)c2-c2c(C(N)=O)ccc(OC)c2F)O[C@]1(CN(C)C(=O)OC(C)(C)C)c1ccccc1. The van der Waals surface area contributed by atoms with Gasteiger partial charge in [-0.3, -0.25) is 4.79 Å². The second-order valence-electron chi connectivity index (χ2n) is 11.0. The van der Waals surface area contributed by atoms with Crippen LogP contribution >= 0.6 is 11.6 Å². The number of halogens is 3. The van der Waals surface area contributed by atoms with Crippen molar-refractivity contribution >= 4 is 23.6 Å². The lowest BCUT2D eigenvalue weighted by molar-refractivity contribution is -0.0133. The Bertz CT molecular complexity index is 1510. The summed E-state index contributed by atoms with van der Waals surface area (Å²) in [6.07, 6.45) is -0.618. The summed E-state index contributed by atoms with van der Waals surface area (Å²) in [5.74, 6) is -3.78. The predicted octanol–water partition coefficient (Wildman–Crippen LogP) is 6.28. The number of amides is 2. The van der Waals surface area contributed by atoms with Gasteiger partial charge < -0.3 is 29.6 Å². The molecule has 1 aliphatic heterocycles. The smallest absolute Gasteiger partial charge is 0.410 e. The number of benzene rings is 3. The number of carbonyl (C=O) groups excluding carboxylic acids is 2. The van der Waals surface area contributed by atoms with Gasteiger partial charge in [-0.05, 0) is 38.5 Å². The lowest BCUT2D eigenvalue weighted by atomic mass is 9.76. The number of likely N-dealkylation sites (N-methyl/N-ethyl adjacent to an activating group) is 1. The van der Waals surface area contributed by atoms with Crippen molar-refractivity contribution in [2.24, 2.45) is 5.73 Å². The molecule has 1 heterocycles. The van der Waals surface area contributed by atoms with Crippen LogP contribution in [-0.2, 0) is 15.1 Å². The molecule has 4 rings (SSSR count). The van der Waals surface area contributed by atoms with E-state index in [0.717, 1.165) is 6.07 Å². The fourth-order valence-corrected chi connectivity index (χ4v) is 5.56. The summed E-state index contributed by atoms with van der Waals surface area (Å²) in [7, 11) is 4.28. The Morgan fingerprint density at radius 3 is 2.33 bits per heavy atom. The maximum absolute atomic E-state index is 16.0. The molecule has 0 unspecified atom stereocenters. The molecule has 0 saturated carbocycles. The Kier molecular flexibility index (Phi) is 8.71. The van der Waals surface area contributed by atoms with E-state index in [4.69, 9.17) is 36.3 Å². The zero-order chi connectivity index (χ0) is 31.0. The van der Waals surface area contributed by atoms with Crippen LogP contribution in [0.5, 0.6) is 11.5 Å². The number of nitrogens with zero attached hydrogens (tertiary/aromatic N) is 1. The third-order valence-electron chi connectivity index (χ3n) is 7.04. The van der Waals surface area contributed by atoms with E-state index in [9.17, 15) is 9.59 Å². The van der Waals surface area contributed by atoms with Crippen molar-refractivity contribution in [3.8, 4) is 22.6 Å². The monoisotopic (exact) mass is 602 g/mol. The van der Waals surface area contributed by atoms with Crippen molar-refractivity contribution in [2.75, 3.05) is 34.4 Å². The second kappa shape index (κ2) is 11.8. The zero-order valence-electron chi connectivity index (χ0n) is 24.2. The van der Waals surface area contributed by atoms with E-state index in [2.05, 4.69) is 0 Å². The molecule has 0 saturated heterocycles. The summed E-state index contributed by atoms with van der Waals surface area (Å²) in [6, 6.07) is 12.6. The lowest BCUT2D eigenvalue weighted by Crippen LogP contribution is -2.49. The van der Waals surface area contributed by atoms with Gasteiger partial charge in [0.25, 0.3) is 0 Å². The van der Waals surface area contributed by atoms with Crippen molar-refractivity contribution < 1.29 is 37.3 Å². The van der Waals surface area contributed by atoms with Crippen molar-refractivity contribution in [3.05, 3.63) is 81.9 Å². The highest BCUT2D eigenvalue weighted by atomic mass is 35.5. The van der Waals surface area contributed by atoms with E-state index < -0.39 is 45.8 Å². The molecule has 0 bridgehead atoms. The summed E-state index contributed by atoms with van der Waals surface area (Å²) in [5, 5.41) is -0.447. The molecule has 3 aromatic carbocycles. The molecule has 0 aromatic heterocycles. The first kappa shape index (κ1) is 31.1. The highest BCUT2D eigenvalue weighted by Crippen LogP contribution is 2.57. The van der Waals surface area contributed by atoms with Gasteiger partial charge >= 0.3 is 6.09 Å². The lowest BCUT2D eigenvalue weighted by Gasteiger charge is -2.38. The van der Waals surface area contributed by atoms with Crippen LogP contribution in [0.15, 0.2) is 48.5 Å². The average molecular weight is 603 g/mol. The summed E-state index contributed by atoms with van der Waals surface area (Å²) >= 11 is 6.57. The molecule has 3 aromatic rings. The fraction of sp³-hybridized carbons (Fsp3) is 0.355. The number of primary amides is 1. The molecule has 2 atom stereocenters. The third-order valence-corrected chi connectivity index (χ3v) is 7.41. The van der Waals surface area contributed by atoms with Crippen molar-refractivity contribution in [1.82, 2.24) is 4.90 Å². The van der Waals surface area contributed by atoms with Crippen molar-refractivity contribution in [3.63, 3.8) is 0 Å². The number of ether oxygens (including phenoxy) is 4. The molecule has 224 valence electrons. The van der Waals surface area contributed by atoms with E-state index >= 15 is 8.78 Å². The van der Waals surface area contributed by atoms with Gasteiger partial charge in [0, 0.05) is 36.9 Å². The van der Waals surface area contributed by atoms with Crippen LogP contribution in [0.25, 0.3) is 11.1 Å². The van der Waals surface area contributed by atoms with Crippen LogP contribution in [0.4, 0.5) is 13.6 Å². The number of hydrogen-bond acceptors (Lipinski definition) is 6. The first-order valence-corrected chi connectivity index (χ1v) is 13.5. The molecule has 8 nitrogen and oxygen atoms in total. The molecule has 1 aliphatic rings. The van der Waals surface area contributed by atoms with E-state index in [0.29, 0.717) is 5.56 Å². The first-order chi connectivity index (χ1) is 19.8. The Balaban J connectivity index is 2.04. The van der Waals surface area contributed by atoms with E-state index in [1.807, 2.05) is 6.07 Å². The molecular formula is C31H33ClF2N2O6. The number of fused-ring (bicyclic) bond motifs is 1. The first-order valence-electron chi connectivity index (χ1n) is 13.1. The van der Waals surface area contributed by atoms with Crippen molar-refractivity contribution in [1.29, 1.82) is 0 Å². The number of hydrogen-bond donors (Lipinski definition) is 1. The van der Waals surface area contributed by atoms with Gasteiger partial charge in [0.15, 0.2) is 17.2 Å². The number of nitrogens with two attached hydrogens (primary N) is 1. The highest BCUT2D eigenvalue weighted by Gasteiger charge is 2.53. The van der Waals surface area contributed by atoms with Gasteiger partial charge in [-0.1, -0.05) is 41.9 Å².